The summed E-state index contributed by atoms with van der Waals surface area (Å²) >= 11 is 0. The van der Waals surface area contributed by atoms with Crippen LogP contribution in [0.1, 0.15) is 11.1 Å². The Balaban J connectivity index is 1.75. The number of benzene rings is 2. The SMILES string of the molecule is COc1cc(CCc2cc(O)cc(O[C@@H]3O[C@H](CO)[C@@H](O)[C@H](O)[C@H]3O)c2)cc(OC)c1OC. The molecule has 2 aromatic carbocycles. The maximum atomic E-state index is 10.2. The topological polar surface area (TPSA) is 147 Å². The summed E-state index contributed by atoms with van der Waals surface area (Å²) in [5.74, 6) is 1.70. The molecule has 10 heteroatoms. The monoisotopic (exact) mass is 466 g/mol. The Bertz CT molecular complexity index is 906. The van der Waals surface area contributed by atoms with E-state index >= 15 is 0 Å². The van der Waals surface area contributed by atoms with Gasteiger partial charge in [0.05, 0.1) is 27.9 Å². The third-order valence-corrected chi connectivity index (χ3v) is 5.48. The molecule has 1 saturated heterocycles. The molecular weight excluding hydrogens is 436 g/mol. The molecule has 0 unspecified atom stereocenters. The first kappa shape index (κ1) is 24.9. The molecule has 0 aliphatic carbocycles. The van der Waals surface area contributed by atoms with Crippen LogP contribution in [-0.4, -0.2) is 84.2 Å². The van der Waals surface area contributed by atoms with Gasteiger partial charge in [0.25, 0.3) is 0 Å². The molecule has 1 aliphatic heterocycles. The second kappa shape index (κ2) is 10.9. The number of methoxy groups -OCH3 is 3. The number of ether oxygens (including phenoxy) is 5. The zero-order chi connectivity index (χ0) is 24.1. The van der Waals surface area contributed by atoms with Gasteiger partial charge in [-0.2, -0.15) is 0 Å². The van der Waals surface area contributed by atoms with Gasteiger partial charge in [0.1, 0.15) is 35.9 Å². The largest absolute Gasteiger partial charge is 0.508 e. The van der Waals surface area contributed by atoms with Gasteiger partial charge in [-0.3, -0.25) is 0 Å². The Labute approximate surface area is 191 Å². The predicted octanol–water partition coefficient (Wildman–Crippen LogP) is 0.382. The number of phenols is 1. The standard InChI is InChI=1S/C23H30O10/c1-29-16-8-13(9-17(30-2)22(16)31-3)5-4-12-6-14(25)10-15(7-12)32-23-21(28)20(27)19(26)18(11-24)33-23/h6-10,18-21,23-28H,4-5,11H2,1-3H3/t18-,19-,20+,21-,23-/m1/s1. The zero-order valence-electron chi connectivity index (χ0n) is 18.7. The van der Waals surface area contributed by atoms with Crippen LogP contribution in [0.3, 0.4) is 0 Å². The zero-order valence-corrected chi connectivity index (χ0v) is 18.7. The van der Waals surface area contributed by atoms with Crippen molar-refractivity contribution in [3.05, 3.63) is 41.5 Å². The molecule has 0 radical (unpaired) electrons. The molecule has 10 nitrogen and oxygen atoms in total. The first-order valence-corrected chi connectivity index (χ1v) is 10.4. The molecule has 5 N–H and O–H groups in total. The smallest absolute Gasteiger partial charge is 0.229 e. The van der Waals surface area contributed by atoms with Crippen molar-refractivity contribution in [1.82, 2.24) is 0 Å². The van der Waals surface area contributed by atoms with Gasteiger partial charge in [-0.25, -0.2) is 0 Å². The van der Waals surface area contributed by atoms with Crippen molar-refractivity contribution in [3.8, 4) is 28.7 Å². The lowest BCUT2D eigenvalue weighted by Gasteiger charge is -2.39. The number of aromatic hydroxyl groups is 1. The van der Waals surface area contributed by atoms with Gasteiger partial charge >= 0.3 is 0 Å². The van der Waals surface area contributed by atoms with Crippen LogP contribution in [0.25, 0.3) is 0 Å². The van der Waals surface area contributed by atoms with E-state index < -0.39 is 37.3 Å². The van der Waals surface area contributed by atoms with E-state index in [0.29, 0.717) is 30.1 Å². The molecule has 1 aliphatic rings. The third-order valence-electron chi connectivity index (χ3n) is 5.48. The number of aliphatic hydroxyl groups is 4. The molecule has 5 atom stereocenters. The summed E-state index contributed by atoms with van der Waals surface area (Å²) < 4.78 is 27.1. The highest BCUT2D eigenvalue weighted by molar-refractivity contribution is 5.54. The molecule has 33 heavy (non-hydrogen) atoms. The number of hydrogen-bond acceptors (Lipinski definition) is 10. The van der Waals surface area contributed by atoms with Crippen LogP contribution in [0, 0.1) is 0 Å². The van der Waals surface area contributed by atoms with Gasteiger partial charge in [0, 0.05) is 6.07 Å². The molecule has 1 heterocycles. The van der Waals surface area contributed by atoms with Crippen LogP contribution < -0.4 is 18.9 Å². The molecule has 0 saturated carbocycles. The van der Waals surface area contributed by atoms with Crippen LogP contribution in [0.5, 0.6) is 28.7 Å². The lowest BCUT2D eigenvalue weighted by molar-refractivity contribution is -0.277. The summed E-state index contributed by atoms with van der Waals surface area (Å²) in [6.45, 7) is -0.565. The fraction of sp³-hybridized carbons (Fsp3) is 0.478. The second-order valence-corrected chi connectivity index (χ2v) is 7.68. The fourth-order valence-corrected chi connectivity index (χ4v) is 3.72. The summed E-state index contributed by atoms with van der Waals surface area (Å²) in [4.78, 5) is 0. The molecule has 182 valence electrons. The van der Waals surface area contributed by atoms with E-state index in [1.165, 1.54) is 13.2 Å². The van der Waals surface area contributed by atoms with E-state index in [9.17, 15) is 25.5 Å². The summed E-state index contributed by atoms with van der Waals surface area (Å²) in [7, 11) is 4.61. The second-order valence-electron chi connectivity index (χ2n) is 7.68. The van der Waals surface area contributed by atoms with Crippen molar-refractivity contribution < 1.29 is 49.2 Å². The van der Waals surface area contributed by atoms with Crippen LogP contribution in [0.15, 0.2) is 30.3 Å². The minimum Gasteiger partial charge on any atom is -0.508 e. The third kappa shape index (κ3) is 5.60. The van der Waals surface area contributed by atoms with E-state index in [4.69, 9.17) is 23.7 Å². The Morgan fingerprint density at radius 2 is 1.39 bits per heavy atom. The first-order chi connectivity index (χ1) is 15.8. The number of rotatable bonds is 9. The lowest BCUT2D eigenvalue weighted by Crippen LogP contribution is -2.60. The number of hydrogen-bond donors (Lipinski definition) is 5. The Morgan fingerprint density at radius 3 is 1.94 bits per heavy atom. The van der Waals surface area contributed by atoms with Gasteiger partial charge in [-0.05, 0) is 48.2 Å². The highest BCUT2D eigenvalue weighted by Gasteiger charge is 2.44. The maximum absolute atomic E-state index is 10.2. The van der Waals surface area contributed by atoms with E-state index in [1.54, 1.807) is 26.4 Å². The Morgan fingerprint density at radius 1 is 0.788 bits per heavy atom. The number of phenolic OH excluding ortho intramolecular Hbond substituents is 1. The quantitative estimate of drug-likeness (QED) is 0.351. The van der Waals surface area contributed by atoms with Crippen LogP contribution in [-0.2, 0) is 17.6 Å². The maximum Gasteiger partial charge on any atom is 0.229 e. The minimum absolute atomic E-state index is 0.0583. The summed E-state index contributed by atoms with van der Waals surface area (Å²) in [5, 5.41) is 49.5. The van der Waals surface area contributed by atoms with Crippen molar-refractivity contribution in [1.29, 1.82) is 0 Å². The van der Waals surface area contributed by atoms with E-state index in [0.717, 1.165) is 11.1 Å². The average Bonchev–Trinajstić information content (AvgIpc) is 2.81. The van der Waals surface area contributed by atoms with Gasteiger partial charge < -0.3 is 49.2 Å². The number of aliphatic hydroxyl groups excluding tert-OH is 4. The van der Waals surface area contributed by atoms with Gasteiger partial charge in [0.15, 0.2) is 11.5 Å². The molecule has 2 aromatic rings. The van der Waals surface area contributed by atoms with Gasteiger partial charge in [-0.15, -0.1) is 0 Å². The predicted molar refractivity (Wildman–Crippen MR) is 116 cm³/mol. The van der Waals surface area contributed by atoms with E-state index in [2.05, 4.69) is 0 Å². The highest BCUT2D eigenvalue weighted by Crippen LogP contribution is 2.38. The average molecular weight is 466 g/mol. The fourth-order valence-electron chi connectivity index (χ4n) is 3.72. The number of aryl methyl sites for hydroxylation is 2. The Hall–Kier alpha value is -2.76. The van der Waals surface area contributed by atoms with E-state index in [1.807, 2.05) is 12.1 Å². The van der Waals surface area contributed by atoms with Crippen molar-refractivity contribution in [3.63, 3.8) is 0 Å². The molecule has 1 fully saturated rings. The molecule has 0 amide bonds. The Kier molecular flexibility index (Phi) is 8.22. The minimum atomic E-state index is -1.56. The van der Waals surface area contributed by atoms with Crippen molar-refractivity contribution in [2.75, 3.05) is 27.9 Å². The summed E-state index contributed by atoms with van der Waals surface area (Å²) in [6, 6.07) is 8.27. The van der Waals surface area contributed by atoms with Crippen LogP contribution in [0.2, 0.25) is 0 Å². The lowest BCUT2D eigenvalue weighted by atomic mass is 9.99. The van der Waals surface area contributed by atoms with Crippen molar-refractivity contribution >= 4 is 0 Å². The highest BCUT2D eigenvalue weighted by atomic mass is 16.7. The van der Waals surface area contributed by atoms with E-state index in [-0.39, 0.29) is 11.5 Å². The normalized spacial score (nSPS) is 24.9. The molecular formula is C23H30O10. The molecule has 0 spiro atoms. The van der Waals surface area contributed by atoms with Gasteiger partial charge in [0.2, 0.25) is 12.0 Å². The first-order valence-electron chi connectivity index (χ1n) is 10.4. The van der Waals surface area contributed by atoms with Crippen LogP contribution >= 0.6 is 0 Å². The summed E-state index contributed by atoms with van der Waals surface area (Å²) in [5.41, 5.74) is 1.66. The molecule has 3 rings (SSSR count). The summed E-state index contributed by atoms with van der Waals surface area (Å²) in [6.07, 6.45) is -5.92. The van der Waals surface area contributed by atoms with Crippen LogP contribution in [0.4, 0.5) is 0 Å². The van der Waals surface area contributed by atoms with Crippen molar-refractivity contribution in [2.24, 2.45) is 0 Å². The van der Waals surface area contributed by atoms with Crippen molar-refractivity contribution in [2.45, 2.75) is 43.5 Å². The molecule has 0 bridgehead atoms. The van der Waals surface area contributed by atoms with Gasteiger partial charge in [-0.1, -0.05) is 0 Å². The molecule has 0 aromatic heterocycles.